The highest BCUT2D eigenvalue weighted by Crippen LogP contribution is 2.47. The van der Waals surface area contributed by atoms with Gasteiger partial charge < -0.3 is 0 Å². The molecule has 4 aromatic rings. The zero-order valence-corrected chi connectivity index (χ0v) is 20.4. The van der Waals surface area contributed by atoms with Gasteiger partial charge in [0.1, 0.15) is 5.04 Å². The molecule has 0 N–H and O–H groups in total. The number of thioether (sulfide) groups is 1. The van der Waals surface area contributed by atoms with E-state index in [1.54, 1.807) is 0 Å². The fourth-order valence-electron chi connectivity index (χ4n) is 4.35. The van der Waals surface area contributed by atoms with E-state index in [0.717, 1.165) is 26.5 Å². The second kappa shape index (κ2) is 9.80. The first kappa shape index (κ1) is 22.3. The third-order valence-electron chi connectivity index (χ3n) is 5.81. The number of rotatable bonds is 4. The summed E-state index contributed by atoms with van der Waals surface area (Å²) in [4.78, 5) is 23.5. The van der Waals surface area contributed by atoms with E-state index in [2.05, 4.69) is 41.4 Å². The Kier molecular flexibility index (Phi) is 6.44. The molecule has 34 heavy (non-hydrogen) atoms. The van der Waals surface area contributed by atoms with Gasteiger partial charge in [-0.15, -0.1) is 11.8 Å². The van der Waals surface area contributed by atoms with Gasteiger partial charge in [0.2, 0.25) is 0 Å². The molecule has 1 aliphatic rings. The van der Waals surface area contributed by atoms with Crippen LogP contribution in [0.25, 0.3) is 0 Å². The van der Waals surface area contributed by atoms with Crippen molar-refractivity contribution in [1.82, 2.24) is 0 Å². The maximum absolute atomic E-state index is 14.0. The second-order valence-electron chi connectivity index (χ2n) is 7.75. The number of amidine groups is 1. The topological polar surface area (TPSA) is 41.8 Å². The molecule has 0 bridgehead atoms. The third-order valence-corrected chi connectivity index (χ3v) is 10.9. The van der Waals surface area contributed by atoms with Crippen LogP contribution in [0.3, 0.4) is 0 Å². The quantitative estimate of drug-likeness (QED) is 0.392. The lowest BCUT2D eigenvalue weighted by Gasteiger charge is -2.32. The first-order valence-corrected chi connectivity index (χ1v) is 14.0. The summed E-state index contributed by atoms with van der Waals surface area (Å²) in [6.07, 6.45) is 1.98. The molecule has 0 aromatic heterocycles. The summed E-state index contributed by atoms with van der Waals surface area (Å²) in [6, 6.07) is 40.7. The zero-order valence-electron chi connectivity index (χ0n) is 18.7. The smallest absolute Gasteiger partial charge is 0.267 e. The minimum absolute atomic E-state index is 0.219. The molecular formula is C29H23N2OPS. The normalized spacial score (nSPS) is 13.9. The highest BCUT2D eigenvalue weighted by Gasteiger charge is 2.37. The molecule has 5 rings (SSSR count). The lowest BCUT2D eigenvalue weighted by atomic mass is 10.2. The van der Waals surface area contributed by atoms with Crippen molar-refractivity contribution in [3.8, 4) is 0 Å². The van der Waals surface area contributed by atoms with Crippen LogP contribution in [0.1, 0.15) is 5.56 Å². The first-order valence-electron chi connectivity index (χ1n) is 11.0. The monoisotopic (exact) mass is 478 g/mol. The summed E-state index contributed by atoms with van der Waals surface area (Å²) >= 11 is 1.51. The van der Waals surface area contributed by atoms with E-state index in [1.807, 2.05) is 91.2 Å². The van der Waals surface area contributed by atoms with Crippen LogP contribution in [0.2, 0.25) is 0 Å². The van der Waals surface area contributed by atoms with E-state index in [4.69, 9.17) is 4.99 Å². The van der Waals surface area contributed by atoms with Crippen LogP contribution in [0.5, 0.6) is 0 Å². The van der Waals surface area contributed by atoms with E-state index >= 15 is 0 Å². The molecule has 0 unspecified atom stereocenters. The summed E-state index contributed by atoms with van der Waals surface area (Å²) in [7, 11) is 0. The van der Waals surface area contributed by atoms with Crippen molar-refractivity contribution in [3.63, 3.8) is 0 Å². The van der Waals surface area contributed by atoms with Crippen LogP contribution >= 0.6 is 18.6 Å². The molecule has 0 saturated heterocycles. The molecule has 4 aromatic carbocycles. The molecule has 166 valence electrons. The average molecular weight is 479 g/mol. The lowest BCUT2D eigenvalue weighted by molar-refractivity contribution is -0.111. The minimum Gasteiger partial charge on any atom is -0.267 e. The van der Waals surface area contributed by atoms with Crippen LogP contribution < -0.4 is 15.9 Å². The van der Waals surface area contributed by atoms with Gasteiger partial charge in [0.05, 0.1) is 5.29 Å². The molecule has 0 saturated carbocycles. The first-order chi connectivity index (χ1) is 16.7. The van der Waals surface area contributed by atoms with Crippen molar-refractivity contribution in [2.45, 2.75) is 0 Å². The minimum atomic E-state index is -2.57. The average Bonchev–Trinajstić information content (AvgIpc) is 2.92. The van der Waals surface area contributed by atoms with Gasteiger partial charge >= 0.3 is 0 Å². The Hall–Kier alpha value is -3.46. The molecular weight excluding hydrogens is 455 g/mol. The SMILES string of the molecule is CSC1=NC(c2ccccc2)=NC(=O)C1=P(c1ccccc1)(c1ccccc1)c1ccccc1. The highest BCUT2D eigenvalue weighted by atomic mass is 32.2. The standard InChI is InChI=1S/C29H23N2OPS/c1-34-29-26(28(32)30-27(31-29)22-14-6-2-7-15-22)33(23-16-8-3-9-17-23,24-18-10-4-11-19-24)25-20-12-5-13-21-25/h2-21H,1H3. The highest BCUT2D eigenvalue weighted by molar-refractivity contribution is 8.18. The Bertz CT molecular complexity index is 1330. The van der Waals surface area contributed by atoms with Gasteiger partial charge in [0, 0.05) is 5.56 Å². The summed E-state index contributed by atoms with van der Waals surface area (Å²) in [6.45, 7) is -2.57. The van der Waals surface area contributed by atoms with Crippen LogP contribution in [-0.2, 0) is 4.79 Å². The number of hydrogen-bond acceptors (Lipinski definition) is 3. The largest absolute Gasteiger partial charge is 0.282 e. The van der Waals surface area contributed by atoms with Crippen molar-refractivity contribution in [2.24, 2.45) is 9.98 Å². The van der Waals surface area contributed by atoms with Gasteiger partial charge in [-0.1, -0.05) is 121 Å². The van der Waals surface area contributed by atoms with Gasteiger partial charge in [-0.25, -0.2) is 4.99 Å². The molecule has 3 nitrogen and oxygen atoms in total. The summed E-state index contributed by atoms with van der Waals surface area (Å²) in [5.41, 5.74) is 0.838. The van der Waals surface area contributed by atoms with Gasteiger partial charge in [-0.2, -0.15) is 4.99 Å². The Morgan fingerprint density at radius 2 is 1.00 bits per heavy atom. The van der Waals surface area contributed by atoms with Crippen molar-refractivity contribution in [1.29, 1.82) is 0 Å². The molecule has 1 heterocycles. The number of benzene rings is 4. The van der Waals surface area contributed by atoms with Crippen LogP contribution in [0.4, 0.5) is 0 Å². The molecule has 0 spiro atoms. The molecule has 0 fully saturated rings. The molecule has 0 atom stereocenters. The molecule has 0 radical (unpaired) electrons. The van der Waals surface area contributed by atoms with E-state index in [9.17, 15) is 4.79 Å². The Morgan fingerprint density at radius 3 is 1.41 bits per heavy atom. The number of carbonyl (C=O) groups is 1. The van der Waals surface area contributed by atoms with Crippen molar-refractivity contribution in [2.75, 3.05) is 6.26 Å². The van der Waals surface area contributed by atoms with Crippen LogP contribution in [-0.4, -0.2) is 28.3 Å². The fourth-order valence-corrected chi connectivity index (χ4v) is 9.69. The van der Waals surface area contributed by atoms with E-state index in [1.165, 1.54) is 11.8 Å². The number of amides is 1. The van der Waals surface area contributed by atoms with Gasteiger partial charge in [0.15, 0.2) is 5.84 Å². The molecule has 1 aliphatic heterocycles. The number of carbonyl (C=O) groups excluding carboxylic acids is 1. The van der Waals surface area contributed by atoms with Crippen LogP contribution in [0, 0.1) is 0 Å². The predicted octanol–water partition coefficient (Wildman–Crippen LogP) is 4.90. The summed E-state index contributed by atoms with van der Waals surface area (Å²) in [5.74, 6) is 0.245. The Balaban J connectivity index is 1.93. The number of aliphatic imine (C=N–C) groups is 2. The maximum atomic E-state index is 14.0. The number of hydrogen-bond donors (Lipinski definition) is 0. The maximum Gasteiger partial charge on any atom is 0.282 e. The van der Waals surface area contributed by atoms with E-state index < -0.39 is 6.89 Å². The molecule has 0 aliphatic carbocycles. The zero-order chi connectivity index (χ0) is 23.4. The predicted molar refractivity (Wildman–Crippen MR) is 149 cm³/mol. The second-order valence-corrected chi connectivity index (χ2v) is 11.9. The number of nitrogens with zero attached hydrogens (tertiary/aromatic N) is 2. The Labute approximate surface area is 204 Å². The van der Waals surface area contributed by atoms with E-state index in [0.29, 0.717) is 11.1 Å². The van der Waals surface area contributed by atoms with Crippen molar-refractivity contribution in [3.05, 3.63) is 127 Å². The molecule has 1 amide bonds. The fraction of sp³-hybridized carbons (Fsp3) is 0.0345. The third kappa shape index (κ3) is 3.90. The van der Waals surface area contributed by atoms with Gasteiger partial charge in [-0.05, 0) is 29.1 Å². The summed E-state index contributed by atoms with van der Waals surface area (Å²) in [5, 5.41) is 4.73. The van der Waals surface area contributed by atoms with E-state index in [-0.39, 0.29) is 5.91 Å². The van der Waals surface area contributed by atoms with Crippen LogP contribution in [0.15, 0.2) is 131 Å². The van der Waals surface area contributed by atoms with Crippen molar-refractivity contribution < 1.29 is 4.79 Å². The Morgan fingerprint density at radius 1 is 0.588 bits per heavy atom. The lowest BCUT2D eigenvalue weighted by Crippen LogP contribution is -2.38. The molecule has 5 heteroatoms. The van der Waals surface area contributed by atoms with Gasteiger partial charge in [-0.3, -0.25) is 4.79 Å². The summed E-state index contributed by atoms with van der Waals surface area (Å²) < 4.78 is 0. The van der Waals surface area contributed by atoms with Gasteiger partial charge in [0.25, 0.3) is 5.91 Å². The van der Waals surface area contributed by atoms with Crippen molar-refractivity contribution >= 4 is 56.6 Å².